The molecule has 1 saturated heterocycles. The first kappa shape index (κ1) is 17.0. The number of nitrogens with one attached hydrogen (secondary N) is 2. The van der Waals surface area contributed by atoms with Crippen LogP contribution in [-0.2, 0) is 4.79 Å². The lowest BCUT2D eigenvalue weighted by atomic mass is 10.2. The molecule has 2 aliphatic heterocycles. The predicted octanol–water partition coefficient (Wildman–Crippen LogP) is 1.41. The van der Waals surface area contributed by atoms with E-state index in [2.05, 4.69) is 10.2 Å². The molecule has 1 fully saturated rings. The Kier molecular flexibility index (Phi) is 4.86. The fourth-order valence-corrected chi connectivity index (χ4v) is 3.61. The third-order valence-electron chi connectivity index (χ3n) is 4.73. The minimum atomic E-state index is 0.00468. The summed E-state index contributed by atoms with van der Waals surface area (Å²) in [7, 11) is 0. The van der Waals surface area contributed by atoms with Gasteiger partial charge in [0.25, 0.3) is 5.91 Å². The maximum Gasteiger partial charge on any atom is 0.279 e. The second-order valence-corrected chi connectivity index (χ2v) is 6.89. The number of benzene rings is 2. The van der Waals surface area contributed by atoms with Crippen molar-refractivity contribution in [2.45, 2.75) is 0 Å². The zero-order valence-electron chi connectivity index (χ0n) is 14.3. The molecule has 1 amide bonds. The summed E-state index contributed by atoms with van der Waals surface area (Å²) in [5.74, 6) is 1.39. The number of halogens is 1. The maximum absolute atomic E-state index is 12.3. The SMILES string of the molecule is O=C(C[NH+]1CCN(c2ccccc2Cl)CC1)Nc1ccc2c(c1)OCO2. The molecular weight excluding hydrogens is 354 g/mol. The molecule has 2 aromatic carbocycles. The van der Waals surface area contributed by atoms with Crippen molar-refractivity contribution >= 4 is 28.9 Å². The van der Waals surface area contributed by atoms with Crippen molar-refractivity contribution < 1.29 is 19.2 Å². The second-order valence-electron chi connectivity index (χ2n) is 6.48. The predicted molar refractivity (Wildman–Crippen MR) is 100 cm³/mol. The van der Waals surface area contributed by atoms with Gasteiger partial charge < -0.3 is 24.6 Å². The van der Waals surface area contributed by atoms with E-state index in [9.17, 15) is 4.79 Å². The fourth-order valence-electron chi connectivity index (χ4n) is 3.36. The van der Waals surface area contributed by atoms with Crippen molar-refractivity contribution in [3.63, 3.8) is 0 Å². The zero-order valence-corrected chi connectivity index (χ0v) is 15.1. The lowest BCUT2D eigenvalue weighted by Gasteiger charge is -2.33. The number of piperazine rings is 1. The van der Waals surface area contributed by atoms with E-state index >= 15 is 0 Å². The summed E-state index contributed by atoms with van der Waals surface area (Å²) in [5.41, 5.74) is 1.80. The molecule has 136 valence electrons. The zero-order chi connectivity index (χ0) is 17.9. The molecular formula is C19H21ClN3O3+. The largest absolute Gasteiger partial charge is 0.454 e. The number of quaternary nitrogens is 1. The van der Waals surface area contributed by atoms with Crippen LogP contribution in [0.1, 0.15) is 0 Å². The van der Waals surface area contributed by atoms with Crippen molar-refractivity contribution in [1.82, 2.24) is 0 Å². The monoisotopic (exact) mass is 374 g/mol. The average molecular weight is 375 g/mol. The lowest BCUT2D eigenvalue weighted by Crippen LogP contribution is -3.15. The van der Waals surface area contributed by atoms with Crippen LogP contribution in [-0.4, -0.2) is 45.4 Å². The van der Waals surface area contributed by atoms with Crippen LogP contribution >= 0.6 is 11.6 Å². The number of fused-ring (bicyclic) bond motifs is 1. The van der Waals surface area contributed by atoms with Gasteiger partial charge in [0, 0.05) is 11.8 Å². The minimum absolute atomic E-state index is 0.00468. The highest BCUT2D eigenvalue weighted by Gasteiger charge is 2.23. The Morgan fingerprint density at radius 2 is 1.88 bits per heavy atom. The average Bonchev–Trinajstić information content (AvgIpc) is 3.11. The summed E-state index contributed by atoms with van der Waals surface area (Å²) in [6.07, 6.45) is 0. The van der Waals surface area contributed by atoms with Gasteiger partial charge in [0.2, 0.25) is 6.79 Å². The van der Waals surface area contributed by atoms with Gasteiger partial charge in [0.1, 0.15) is 0 Å². The second kappa shape index (κ2) is 7.43. The first-order valence-corrected chi connectivity index (χ1v) is 9.09. The van der Waals surface area contributed by atoms with E-state index < -0.39 is 0 Å². The molecule has 0 spiro atoms. The van der Waals surface area contributed by atoms with Gasteiger partial charge in [-0.3, -0.25) is 4.79 Å². The van der Waals surface area contributed by atoms with Crippen LogP contribution in [0, 0.1) is 0 Å². The van der Waals surface area contributed by atoms with Gasteiger partial charge in [-0.2, -0.15) is 0 Å². The van der Waals surface area contributed by atoms with Crippen LogP contribution < -0.4 is 24.6 Å². The lowest BCUT2D eigenvalue weighted by molar-refractivity contribution is -0.892. The molecule has 0 unspecified atom stereocenters. The molecule has 0 atom stereocenters. The molecule has 7 heteroatoms. The molecule has 0 radical (unpaired) electrons. The molecule has 0 aliphatic carbocycles. The van der Waals surface area contributed by atoms with Gasteiger partial charge in [-0.15, -0.1) is 0 Å². The number of carbonyl (C=O) groups excluding carboxylic acids is 1. The molecule has 6 nitrogen and oxygen atoms in total. The standard InChI is InChI=1S/C19H20ClN3O3/c20-15-3-1-2-4-16(15)23-9-7-22(8-10-23)12-19(24)21-14-5-6-17-18(11-14)26-13-25-17/h1-6,11H,7-10,12-13H2,(H,21,24)/p+1. The van der Waals surface area contributed by atoms with E-state index in [-0.39, 0.29) is 12.7 Å². The summed E-state index contributed by atoms with van der Waals surface area (Å²) in [6, 6.07) is 13.3. The van der Waals surface area contributed by atoms with Gasteiger partial charge in [0.15, 0.2) is 18.0 Å². The van der Waals surface area contributed by atoms with Crippen LogP contribution in [0.15, 0.2) is 42.5 Å². The summed E-state index contributed by atoms with van der Waals surface area (Å²) in [5, 5.41) is 3.72. The highest BCUT2D eigenvalue weighted by molar-refractivity contribution is 6.33. The molecule has 2 aromatic rings. The Labute approximate surface area is 157 Å². The molecule has 26 heavy (non-hydrogen) atoms. The third-order valence-corrected chi connectivity index (χ3v) is 5.05. The number of hydrogen-bond donors (Lipinski definition) is 2. The van der Waals surface area contributed by atoms with Gasteiger partial charge in [-0.1, -0.05) is 23.7 Å². The first-order valence-electron chi connectivity index (χ1n) is 8.71. The maximum atomic E-state index is 12.3. The van der Waals surface area contributed by atoms with Crippen LogP contribution in [0.25, 0.3) is 0 Å². The van der Waals surface area contributed by atoms with E-state index in [0.29, 0.717) is 18.0 Å². The smallest absolute Gasteiger partial charge is 0.279 e. The van der Waals surface area contributed by atoms with Crippen molar-refractivity contribution in [3.8, 4) is 11.5 Å². The van der Waals surface area contributed by atoms with Gasteiger partial charge in [0.05, 0.1) is 36.9 Å². The molecule has 0 aromatic heterocycles. The Bertz CT molecular complexity index is 806. The highest BCUT2D eigenvalue weighted by atomic mass is 35.5. The highest BCUT2D eigenvalue weighted by Crippen LogP contribution is 2.34. The number of nitrogens with zero attached hydrogens (tertiary/aromatic N) is 1. The summed E-state index contributed by atoms with van der Waals surface area (Å²) in [6.45, 7) is 4.25. The van der Waals surface area contributed by atoms with Gasteiger partial charge in [-0.25, -0.2) is 0 Å². The summed E-state index contributed by atoms with van der Waals surface area (Å²) < 4.78 is 10.6. The molecule has 2 heterocycles. The number of carbonyl (C=O) groups is 1. The number of rotatable bonds is 4. The quantitative estimate of drug-likeness (QED) is 0.849. The minimum Gasteiger partial charge on any atom is -0.454 e. The Balaban J connectivity index is 1.29. The number of para-hydroxylation sites is 1. The van der Waals surface area contributed by atoms with E-state index in [1.165, 1.54) is 4.90 Å². The first-order chi connectivity index (χ1) is 12.7. The molecule has 0 bridgehead atoms. The third kappa shape index (κ3) is 3.71. The fraction of sp³-hybridized carbons (Fsp3) is 0.316. The van der Waals surface area contributed by atoms with Crippen LogP contribution in [0.5, 0.6) is 11.5 Å². The number of anilines is 2. The van der Waals surface area contributed by atoms with Crippen molar-refractivity contribution in [2.24, 2.45) is 0 Å². The van der Waals surface area contributed by atoms with E-state index in [0.717, 1.165) is 42.6 Å². The molecule has 2 aliphatic rings. The summed E-state index contributed by atoms with van der Waals surface area (Å²) >= 11 is 6.28. The summed E-state index contributed by atoms with van der Waals surface area (Å²) in [4.78, 5) is 15.9. The van der Waals surface area contributed by atoms with Gasteiger partial charge >= 0.3 is 0 Å². The Morgan fingerprint density at radius 1 is 1.12 bits per heavy atom. The van der Waals surface area contributed by atoms with E-state index in [1.807, 2.05) is 36.4 Å². The molecule has 4 rings (SSSR count). The van der Waals surface area contributed by atoms with Crippen LogP contribution in [0.3, 0.4) is 0 Å². The van der Waals surface area contributed by atoms with E-state index in [1.54, 1.807) is 6.07 Å². The van der Waals surface area contributed by atoms with Crippen molar-refractivity contribution in [1.29, 1.82) is 0 Å². The van der Waals surface area contributed by atoms with Crippen LogP contribution in [0.4, 0.5) is 11.4 Å². The van der Waals surface area contributed by atoms with Crippen LogP contribution in [0.2, 0.25) is 5.02 Å². The van der Waals surface area contributed by atoms with E-state index in [4.69, 9.17) is 21.1 Å². The normalized spacial score (nSPS) is 16.6. The topological polar surface area (TPSA) is 55.2 Å². The Hall–Kier alpha value is -2.44. The number of amides is 1. The van der Waals surface area contributed by atoms with Crippen molar-refractivity contribution in [3.05, 3.63) is 47.5 Å². The molecule has 2 N–H and O–H groups in total. The van der Waals surface area contributed by atoms with Crippen molar-refractivity contribution in [2.75, 3.05) is 49.7 Å². The van der Waals surface area contributed by atoms with Gasteiger partial charge in [-0.05, 0) is 24.3 Å². The molecule has 0 saturated carbocycles. The Morgan fingerprint density at radius 3 is 2.69 bits per heavy atom. The number of ether oxygens (including phenoxy) is 2. The number of hydrogen-bond acceptors (Lipinski definition) is 4.